The Morgan fingerprint density at radius 2 is 0.757 bits per heavy atom. The Morgan fingerprint density at radius 3 is 1.35 bits per heavy atom. The Balaban J connectivity index is 1.43. The third-order valence-corrected chi connectivity index (χ3v) is 6.63. The van der Waals surface area contributed by atoms with Crippen molar-refractivity contribution < 1.29 is 0 Å². The molecule has 0 aliphatic carbocycles. The predicted octanol–water partition coefficient (Wildman–Crippen LogP) is 10.1. The molecule has 0 spiro atoms. The fraction of sp³-hybridized carbons (Fsp3) is 0. The fourth-order valence-corrected chi connectivity index (χ4v) is 4.78. The van der Waals surface area contributed by atoms with E-state index in [0.29, 0.717) is 0 Å². The van der Waals surface area contributed by atoms with Gasteiger partial charge in [-0.05, 0) is 75.3 Å². The lowest BCUT2D eigenvalue weighted by atomic mass is 9.92. The molecule has 37 heavy (non-hydrogen) atoms. The van der Waals surface area contributed by atoms with Crippen LogP contribution >= 0.6 is 0 Å². The van der Waals surface area contributed by atoms with Gasteiger partial charge < -0.3 is 5.32 Å². The SMILES string of the molecule is c1ccc(-c2cccc(Nc3ccccc3-c3cc(-c4ccccc4)cc(-c4ccccc4)c3)c2)cc1. The number of anilines is 2. The van der Waals surface area contributed by atoms with Gasteiger partial charge in [-0.25, -0.2) is 0 Å². The molecular formula is C36H27N. The monoisotopic (exact) mass is 473 g/mol. The number of benzene rings is 6. The van der Waals surface area contributed by atoms with E-state index < -0.39 is 0 Å². The highest BCUT2D eigenvalue weighted by Crippen LogP contribution is 2.37. The standard InChI is InChI=1S/C36H27N/c1-4-13-27(14-5-1)30-19-12-20-34(26-30)37-36-22-11-10-21-35(36)33-24-31(28-15-6-2-7-16-28)23-32(25-33)29-17-8-3-9-18-29/h1-26,37H. The van der Waals surface area contributed by atoms with E-state index in [9.17, 15) is 0 Å². The third-order valence-electron chi connectivity index (χ3n) is 6.63. The van der Waals surface area contributed by atoms with Crippen LogP contribution in [-0.4, -0.2) is 0 Å². The number of rotatable bonds is 6. The molecule has 0 amide bonds. The summed E-state index contributed by atoms with van der Waals surface area (Å²) in [4.78, 5) is 0. The largest absolute Gasteiger partial charge is 0.355 e. The summed E-state index contributed by atoms with van der Waals surface area (Å²) in [5.74, 6) is 0. The average Bonchev–Trinajstić information content (AvgIpc) is 2.99. The predicted molar refractivity (Wildman–Crippen MR) is 158 cm³/mol. The summed E-state index contributed by atoms with van der Waals surface area (Å²) in [6.07, 6.45) is 0. The molecule has 0 fully saturated rings. The van der Waals surface area contributed by atoms with Crippen molar-refractivity contribution >= 4 is 11.4 Å². The maximum absolute atomic E-state index is 3.70. The van der Waals surface area contributed by atoms with E-state index in [1.54, 1.807) is 0 Å². The normalized spacial score (nSPS) is 10.7. The maximum Gasteiger partial charge on any atom is 0.0463 e. The van der Waals surface area contributed by atoms with Crippen LogP contribution in [0.2, 0.25) is 0 Å². The van der Waals surface area contributed by atoms with Crippen molar-refractivity contribution in [3.8, 4) is 44.5 Å². The summed E-state index contributed by atoms with van der Waals surface area (Å²) in [5, 5.41) is 3.70. The van der Waals surface area contributed by atoms with Crippen LogP contribution in [0.15, 0.2) is 158 Å². The topological polar surface area (TPSA) is 12.0 Å². The molecule has 1 heteroatoms. The molecular weight excluding hydrogens is 446 g/mol. The zero-order valence-corrected chi connectivity index (χ0v) is 20.5. The number of nitrogens with one attached hydrogen (secondary N) is 1. The summed E-state index contributed by atoms with van der Waals surface area (Å²) < 4.78 is 0. The molecule has 0 saturated carbocycles. The Bertz CT molecular complexity index is 1560. The molecule has 0 aliphatic rings. The van der Waals surface area contributed by atoms with Crippen LogP contribution in [0.3, 0.4) is 0 Å². The second kappa shape index (κ2) is 10.4. The van der Waals surface area contributed by atoms with E-state index in [0.717, 1.165) is 11.4 Å². The van der Waals surface area contributed by atoms with Gasteiger partial charge in [-0.1, -0.05) is 121 Å². The van der Waals surface area contributed by atoms with Gasteiger partial charge in [0.2, 0.25) is 0 Å². The van der Waals surface area contributed by atoms with Crippen molar-refractivity contribution in [2.75, 3.05) is 5.32 Å². The van der Waals surface area contributed by atoms with Crippen molar-refractivity contribution in [3.05, 3.63) is 158 Å². The van der Waals surface area contributed by atoms with Gasteiger partial charge >= 0.3 is 0 Å². The molecule has 1 N–H and O–H groups in total. The second-order valence-corrected chi connectivity index (χ2v) is 9.15. The lowest BCUT2D eigenvalue weighted by Crippen LogP contribution is -1.94. The molecule has 0 saturated heterocycles. The molecule has 0 bridgehead atoms. The van der Waals surface area contributed by atoms with Gasteiger partial charge in [0.1, 0.15) is 0 Å². The Labute approximate surface area is 218 Å². The molecule has 0 unspecified atom stereocenters. The highest BCUT2D eigenvalue weighted by atomic mass is 14.9. The summed E-state index contributed by atoms with van der Waals surface area (Å²) in [7, 11) is 0. The van der Waals surface area contributed by atoms with Crippen LogP contribution < -0.4 is 5.32 Å². The van der Waals surface area contributed by atoms with Crippen LogP contribution in [-0.2, 0) is 0 Å². The lowest BCUT2D eigenvalue weighted by molar-refractivity contribution is 1.52. The van der Waals surface area contributed by atoms with Crippen molar-refractivity contribution in [1.82, 2.24) is 0 Å². The molecule has 0 atom stereocenters. The smallest absolute Gasteiger partial charge is 0.0463 e. The first-order valence-electron chi connectivity index (χ1n) is 12.6. The van der Waals surface area contributed by atoms with Crippen molar-refractivity contribution in [1.29, 1.82) is 0 Å². The minimum absolute atomic E-state index is 1.07. The number of para-hydroxylation sites is 1. The van der Waals surface area contributed by atoms with E-state index in [4.69, 9.17) is 0 Å². The van der Waals surface area contributed by atoms with Gasteiger partial charge in [0.25, 0.3) is 0 Å². The highest BCUT2D eigenvalue weighted by Gasteiger charge is 2.11. The minimum atomic E-state index is 1.07. The molecule has 1 nitrogen and oxygen atoms in total. The first kappa shape index (κ1) is 22.6. The Hall–Kier alpha value is -4.88. The zero-order chi connectivity index (χ0) is 24.9. The van der Waals surface area contributed by atoms with Gasteiger partial charge in [0.15, 0.2) is 0 Å². The Morgan fingerprint density at radius 1 is 0.297 bits per heavy atom. The summed E-state index contributed by atoms with van der Waals surface area (Å²) in [5.41, 5.74) is 11.7. The summed E-state index contributed by atoms with van der Waals surface area (Å²) >= 11 is 0. The van der Waals surface area contributed by atoms with Crippen LogP contribution in [0.25, 0.3) is 44.5 Å². The first-order chi connectivity index (χ1) is 18.3. The van der Waals surface area contributed by atoms with Gasteiger partial charge in [-0.15, -0.1) is 0 Å². The Kier molecular flexibility index (Phi) is 6.34. The van der Waals surface area contributed by atoms with E-state index in [2.05, 4.69) is 163 Å². The quantitative estimate of drug-likeness (QED) is 0.254. The maximum atomic E-state index is 3.70. The van der Waals surface area contributed by atoms with E-state index in [1.165, 1.54) is 44.5 Å². The highest BCUT2D eigenvalue weighted by molar-refractivity contribution is 5.87. The van der Waals surface area contributed by atoms with Crippen molar-refractivity contribution in [3.63, 3.8) is 0 Å². The van der Waals surface area contributed by atoms with E-state index in [1.807, 2.05) is 0 Å². The van der Waals surface area contributed by atoms with Gasteiger partial charge in [0, 0.05) is 16.9 Å². The van der Waals surface area contributed by atoms with Gasteiger partial charge in [-0.3, -0.25) is 0 Å². The van der Waals surface area contributed by atoms with E-state index >= 15 is 0 Å². The number of hydrogen-bond acceptors (Lipinski definition) is 1. The van der Waals surface area contributed by atoms with Crippen LogP contribution in [0, 0.1) is 0 Å². The molecule has 0 aliphatic heterocycles. The van der Waals surface area contributed by atoms with Crippen LogP contribution in [0.5, 0.6) is 0 Å². The average molecular weight is 474 g/mol. The molecule has 6 aromatic carbocycles. The molecule has 0 radical (unpaired) electrons. The molecule has 0 heterocycles. The van der Waals surface area contributed by atoms with Crippen molar-refractivity contribution in [2.45, 2.75) is 0 Å². The summed E-state index contributed by atoms with van der Waals surface area (Å²) in [6, 6.07) is 55.7. The third kappa shape index (κ3) is 5.07. The molecule has 6 aromatic rings. The summed E-state index contributed by atoms with van der Waals surface area (Å²) in [6.45, 7) is 0. The molecule has 0 aromatic heterocycles. The molecule has 6 rings (SSSR count). The van der Waals surface area contributed by atoms with Gasteiger partial charge in [0.05, 0.1) is 0 Å². The number of hydrogen-bond donors (Lipinski definition) is 1. The zero-order valence-electron chi connectivity index (χ0n) is 20.5. The minimum Gasteiger partial charge on any atom is -0.355 e. The van der Waals surface area contributed by atoms with Crippen LogP contribution in [0.1, 0.15) is 0 Å². The van der Waals surface area contributed by atoms with E-state index in [-0.39, 0.29) is 0 Å². The molecule has 176 valence electrons. The second-order valence-electron chi connectivity index (χ2n) is 9.15. The van der Waals surface area contributed by atoms with Gasteiger partial charge in [-0.2, -0.15) is 0 Å². The van der Waals surface area contributed by atoms with Crippen molar-refractivity contribution in [2.24, 2.45) is 0 Å². The fourth-order valence-electron chi connectivity index (χ4n) is 4.78. The van der Waals surface area contributed by atoms with Crippen LogP contribution in [0.4, 0.5) is 11.4 Å². The lowest BCUT2D eigenvalue weighted by Gasteiger charge is -2.16. The first-order valence-corrected chi connectivity index (χ1v) is 12.6.